The molecule has 18 heavy (non-hydrogen) atoms. The van der Waals surface area contributed by atoms with E-state index >= 15 is 0 Å². The Bertz CT molecular complexity index is 249. The molecule has 1 atom stereocenters. The summed E-state index contributed by atoms with van der Waals surface area (Å²) < 4.78 is 0. The zero-order chi connectivity index (χ0) is 13.0. The number of hydrogen-bond donors (Lipinski definition) is 2. The molecule has 2 aliphatic rings. The van der Waals surface area contributed by atoms with Crippen molar-refractivity contribution in [1.82, 2.24) is 10.2 Å². The summed E-state index contributed by atoms with van der Waals surface area (Å²) in [5, 5.41) is 12.8. The maximum absolute atomic E-state index is 9.18. The molecule has 0 spiro atoms. The fourth-order valence-corrected chi connectivity index (χ4v) is 3.06. The van der Waals surface area contributed by atoms with Gasteiger partial charge in [0.2, 0.25) is 0 Å². The molecule has 0 aromatic carbocycles. The predicted octanol–water partition coefficient (Wildman–Crippen LogP) is 2.00. The van der Waals surface area contributed by atoms with E-state index in [0.29, 0.717) is 18.1 Å². The summed E-state index contributed by atoms with van der Waals surface area (Å²) in [4.78, 5) is 2.62. The van der Waals surface area contributed by atoms with Crippen LogP contribution in [0.15, 0.2) is 0 Å². The quantitative estimate of drug-likeness (QED) is 0.729. The standard InChI is InChI=1S/C15H30N2O/c1-15(2,11-16-13-6-7-13)12-17-9-4-3-5-14(17)8-10-18/h13-14,16,18H,3-12H2,1-2H3. The van der Waals surface area contributed by atoms with Gasteiger partial charge in [0, 0.05) is 31.8 Å². The number of rotatable bonds is 7. The summed E-state index contributed by atoms with van der Waals surface area (Å²) >= 11 is 0. The minimum atomic E-state index is 0.335. The third kappa shape index (κ3) is 4.52. The molecular formula is C15H30N2O. The Kier molecular flexibility index (Phi) is 5.05. The van der Waals surface area contributed by atoms with Gasteiger partial charge in [-0.05, 0) is 44.1 Å². The molecule has 1 aliphatic carbocycles. The van der Waals surface area contributed by atoms with Gasteiger partial charge in [0.15, 0.2) is 0 Å². The molecule has 3 nitrogen and oxygen atoms in total. The van der Waals surface area contributed by atoms with Gasteiger partial charge in [-0.1, -0.05) is 20.3 Å². The van der Waals surface area contributed by atoms with E-state index in [1.165, 1.54) is 38.6 Å². The van der Waals surface area contributed by atoms with Crippen LogP contribution in [0.5, 0.6) is 0 Å². The lowest BCUT2D eigenvalue weighted by Gasteiger charge is -2.40. The second-order valence-electron chi connectivity index (χ2n) is 6.95. The zero-order valence-corrected chi connectivity index (χ0v) is 12.1. The molecule has 1 saturated heterocycles. The number of nitrogens with one attached hydrogen (secondary N) is 1. The van der Waals surface area contributed by atoms with E-state index in [4.69, 9.17) is 0 Å². The van der Waals surface area contributed by atoms with Crippen molar-refractivity contribution >= 4 is 0 Å². The number of aliphatic hydroxyl groups excluding tert-OH is 1. The predicted molar refractivity (Wildman–Crippen MR) is 75.7 cm³/mol. The first-order valence-electron chi connectivity index (χ1n) is 7.69. The first-order chi connectivity index (χ1) is 8.61. The first kappa shape index (κ1) is 14.3. The summed E-state index contributed by atoms with van der Waals surface area (Å²) in [5.74, 6) is 0. The summed E-state index contributed by atoms with van der Waals surface area (Å²) in [6.07, 6.45) is 7.62. The Labute approximate surface area is 112 Å². The fraction of sp³-hybridized carbons (Fsp3) is 1.00. The van der Waals surface area contributed by atoms with Gasteiger partial charge in [-0.3, -0.25) is 4.90 Å². The van der Waals surface area contributed by atoms with Gasteiger partial charge in [0.05, 0.1) is 0 Å². The highest BCUT2D eigenvalue weighted by Gasteiger charge is 2.30. The second kappa shape index (κ2) is 6.36. The molecule has 1 heterocycles. The molecule has 0 radical (unpaired) electrons. The monoisotopic (exact) mass is 254 g/mol. The molecule has 0 aromatic heterocycles. The Morgan fingerprint density at radius 2 is 2.00 bits per heavy atom. The Balaban J connectivity index is 1.79. The molecule has 1 saturated carbocycles. The van der Waals surface area contributed by atoms with Crippen LogP contribution in [0.2, 0.25) is 0 Å². The third-order valence-corrected chi connectivity index (χ3v) is 4.29. The van der Waals surface area contributed by atoms with Crippen molar-refractivity contribution < 1.29 is 5.11 Å². The van der Waals surface area contributed by atoms with Crippen LogP contribution >= 0.6 is 0 Å². The molecule has 0 amide bonds. The molecule has 3 heteroatoms. The number of hydrogen-bond acceptors (Lipinski definition) is 3. The Morgan fingerprint density at radius 3 is 2.67 bits per heavy atom. The van der Waals surface area contributed by atoms with Crippen molar-refractivity contribution in [1.29, 1.82) is 0 Å². The van der Waals surface area contributed by atoms with Crippen molar-refractivity contribution in [2.75, 3.05) is 26.2 Å². The molecule has 106 valence electrons. The van der Waals surface area contributed by atoms with Crippen molar-refractivity contribution in [3.05, 3.63) is 0 Å². The second-order valence-corrected chi connectivity index (χ2v) is 6.95. The van der Waals surface area contributed by atoms with Gasteiger partial charge >= 0.3 is 0 Å². The smallest absolute Gasteiger partial charge is 0.0445 e. The van der Waals surface area contributed by atoms with Crippen LogP contribution in [-0.4, -0.2) is 48.3 Å². The summed E-state index contributed by atoms with van der Waals surface area (Å²) in [5.41, 5.74) is 0.341. The number of nitrogens with zero attached hydrogens (tertiary/aromatic N) is 1. The normalized spacial score (nSPS) is 26.5. The van der Waals surface area contributed by atoms with Gasteiger partial charge in [0.25, 0.3) is 0 Å². The maximum Gasteiger partial charge on any atom is 0.0445 e. The van der Waals surface area contributed by atoms with E-state index in [2.05, 4.69) is 24.1 Å². The summed E-state index contributed by atoms with van der Waals surface area (Å²) in [6.45, 7) is 8.58. The van der Waals surface area contributed by atoms with Gasteiger partial charge in [-0.25, -0.2) is 0 Å². The van der Waals surface area contributed by atoms with E-state index < -0.39 is 0 Å². The third-order valence-electron chi connectivity index (χ3n) is 4.29. The fourth-order valence-electron chi connectivity index (χ4n) is 3.06. The van der Waals surface area contributed by atoms with Gasteiger partial charge in [0.1, 0.15) is 0 Å². The lowest BCUT2D eigenvalue weighted by Crippen LogP contribution is -2.47. The average Bonchev–Trinajstić information content (AvgIpc) is 3.13. The molecule has 2 fully saturated rings. The minimum absolute atomic E-state index is 0.335. The molecule has 2 N–H and O–H groups in total. The van der Waals surface area contributed by atoms with Crippen LogP contribution in [0.4, 0.5) is 0 Å². The summed E-state index contributed by atoms with van der Waals surface area (Å²) in [7, 11) is 0. The first-order valence-corrected chi connectivity index (χ1v) is 7.69. The molecule has 0 aromatic rings. The Hall–Kier alpha value is -0.120. The van der Waals surface area contributed by atoms with E-state index in [1.807, 2.05) is 0 Å². The van der Waals surface area contributed by atoms with Crippen LogP contribution in [0.1, 0.15) is 52.4 Å². The zero-order valence-electron chi connectivity index (χ0n) is 12.1. The van der Waals surface area contributed by atoms with Crippen LogP contribution in [-0.2, 0) is 0 Å². The van der Waals surface area contributed by atoms with Gasteiger partial charge in [-0.15, -0.1) is 0 Å². The van der Waals surface area contributed by atoms with Crippen LogP contribution in [0, 0.1) is 5.41 Å². The number of likely N-dealkylation sites (tertiary alicyclic amines) is 1. The van der Waals surface area contributed by atoms with E-state index in [9.17, 15) is 5.11 Å². The summed E-state index contributed by atoms with van der Waals surface area (Å²) in [6, 6.07) is 1.42. The van der Waals surface area contributed by atoms with Crippen molar-refractivity contribution in [3.8, 4) is 0 Å². The van der Waals surface area contributed by atoms with E-state index in [-0.39, 0.29) is 0 Å². The number of aliphatic hydroxyl groups is 1. The minimum Gasteiger partial charge on any atom is -0.396 e. The largest absolute Gasteiger partial charge is 0.396 e. The van der Waals surface area contributed by atoms with Crippen molar-refractivity contribution in [2.45, 2.75) is 64.5 Å². The van der Waals surface area contributed by atoms with Crippen LogP contribution < -0.4 is 5.32 Å². The molecule has 1 unspecified atom stereocenters. The highest BCUT2D eigenvalue weighted by molar-refractivity contribution is 4.87. The molecular weight excluding hydrogens is 224 g/mol. The van der Waals surface area contributed by atoms with Gasteiger partial charge in [-0.2, -0.15) is 0 Å². The highest BCUT2D eigenvalue weighted by atomic mass is 16.3. The van der Waals surface area contributed by atoms with E-state index in [1.54, 1.807) is 0 Å². The molecule has 2 rings (SSSR count). The topological polar surface area (TPSA) is 35.5 Å². The molecule has 0 bridgehead atoms. The average molecular weight is 254 g/mol. The lowest BCUT2D eigenvalue weighted by molar-refractivity contribution is 0.0781. The van der Waals surface area contributed by atoms with Crippen molar-refractivity contribution in [2.24, 2.45) is 5.41 Å². The van der Waals surface area contributed by atoms with E-state index in [0.717, 1.165) is 25.6 Å². The number of piperidine rings is 1. The highest BCUT2D eigenvalue weighted by Crippen LogP contribution is 2.26. The SMILES string of the molecule is CC(C)(CNC1CC1)CN1CCCCC1CCO. The maximum atomic E-state index is 9.18. The molecule has 1 aliphatic heterocycles. The Morgan fingerprint density at radius 1 is 1.22 bits per heavy atom. The lowest BCUT2D eigenvalue weighted by atomic mass is 9.89. The van der Waals surface area contributed by atoms with Gasteiger partial charge < -0.3 is 10.4 Å². The van der Waals surface area contributed by atoms with Crippen molar-refractivity contribution in [3.63, 3.8) is 0 Å². The van der Waals surface area contributed by atoms with Crippen LogP contribution in [0.3, 0.4) is 0 Å². The van der Waals surface area contributed by atoms with Crippen LogP contribution in [0.25, 0.3) is 0 Å².